The molecule has 2 aliphatic heterocycles. The van der Waals surface area contributed by atoms with Crippen LogP contribution in [0.3, 0.4) is 0 Å². The first-order chi connectivity index (χ1) is 13.8. The van der Waals surface area contributed by atoms with E-state index in [1.54, 1.807) is 6.92 Å². The topological polar surface area (TPSA) is 96.2 Å². The quantitative estimate of drug-likeness (QED) is 0.670. The molecule has 6 nitrogen and oxygen atoms in total. The van der Waals surface area contributed by atoms with Crippen LogP contribution in [0.1, 0.15) is 44.7 Å². The SMILES string of the molecule is CC1=C(O)C(=O)C23C(C)CCC2C(C)COC32Oc3cc(O)cc(CO)c3C=C12. The normalized spacial score (nSPS) is 37.9. The monoisotopic (exact) mass is 398 g/mol. The fraction of sp³-hybridized carbons (Fsp3) is 0.522. The Morgan fingerprint density at radius 2 is 1.97 bits per heavy atom. The van der Waals surface area contributed by atoms with Gasteiger partial charge in [-0.05, 0) is 55.2 Å². The molecule has 5 atom stereocenters. The Balaban J connectivity index is 1.86. The zero-order valence-electron chi connectivity index (χ0n) is 16.9. The second-order valence-electron chi connectivity index (χ2n) is 9.00. The maximum absolute atomic E-state index is 13.7. The van der Waals surface area contributed by atoms with E-state index in [1.807, 2.05) is 13.0 Å². The van der Waals surface area contributed by atoms with Crippen LogP contribution in [-0.4, -0.2) is 33.5 Å². The minimum Gasteiger partial charge on any atom is -0.508 e. The number of ketones is 1. The van der Waals surface area contributed by atoms with Gasteiger partial charge in [0.25, 0.3) is 5.79 Å². The number of phenols is 1. The zero-order valence-corrected chi connectivity index (χ0v) is 16.9. The summed E-state index contributed by atoms with van der Waals surface area (Å²) in [5.74, 6) is -1.38. The van der Waals surface area contributed by atoms with E-state index in [4.69, 9.17) is 9.47 Å². The molecule has 2 heterocycles. The van der Waals surface area contributed by atoms with E-state index < -0.39 is 11.2 Å². The summed E-state index contributed by atoms with van der Waals surface area (Å²) in [6.45, 7) is 6.00. The number of aliphatic hydroxyl groups excluding tert-OH is 2. The summed E-state index contributed by atoms with van der Waals surface area (Å²) >= 11 is 0. The molecule has 5 unspecified atom stereocenters. The number of benzene rings is 1. The van der Waals surface area contributed by atoms with Crippen molar-refractivity contribution in [2.24, 2.45) is 23.2 Å². The third kappa shape index (κ3) is 2.01. The summed E-state index contributed by atoms with van der Waals surface area (Å²) in [7, 11) is 0. The molecule has 3 N–H and O–H groups in total. The molecule has 4 aliphatic rings. The van der Waals surface area contributed by atoms with Crippen molar-refractivity contribution < 1.29 is 29.6 Å². The Morgan fingerprint density at radius 1 is 1.21 bits per heavy atom. The number of carbonyl (C=O) groups excluding carboxylic acids is 1. The molecule has 1 aromatic rings. The van der Waals surface area contributed by atoms with Crippen LogP contribution < -0.4 is 4.74 Å². The largest absolute Gasteiger partial charge is 0.508 e. The Bertz CT molecular complexity index is 991. The first kappa shape index (κ1) is 18.7. The summed E-state index contributed by atoms with van der Waals surface area (Å²) in [6, 6.07) is 2.99. The number of carbonyl (C=O) groups is 1. The van der Waals surface area contributed by atoms with Crippen LogP contribution in [0.2, 0.25) is 0 Å². The molecule has 1 aromatic carbocycles. The van der Waals surface area contributed by atoms with Crippen molar-refractivity contribution in [3.05, 3.63) is 40.2 Å². The van der Waals surface area contributed by atoms with Crippen LogP contribution in [0.25, 0.3) is 6.08 Å². The van der Waals surface area contributed by atoms with Crippen LogP contribution in [0.5, 0.6) is 11.5 Å². The van der Waals surface area contributed by atoms with Crippen molar-refractivity contribution in [2.75, 3.05) is 6.61 Å². The summed E-state index contributed by atoms with van der Waals surface area (Å²) in [5.41, 5.74) is 1.19. The molecule has 0 radical (unpaired) electrons. The van der Waals surface area contributed by atoms with E-state index in [9.17, 15) is 20.1 Å². The van der Waals surface area contributed by atoms with Gasteiger partial charge in [-0.1, -0.05) is 13.8 Å². The second-order valence-corrected chi connectivity index (χ2v) is 9.00. The molecule has 2 aliphatic carbocycles. The maximum atomic E-state index is 13.7. The lowest BCUT2D eigenvalue weighted by molar-refractivity contribution is -0.282. The van der Waals surface area contributed by atoms with Gasteiger partial charge < -0.3 is 24.8 Å². The van der Waals surface area contributed by atoms with Gasteiger partial charge in [0.15, 0.2) is 5.76 Å². The molecule has 6 heteroatoms. The van der Waals surface area contributed by atoms with Gasteiger partial charge in [0.1, 0.15) is 16.9 Å². The summed E-state index contributed by atoms with van der Waals surface area (Å²) < 4.78 is 13.0. The van der Waals surface area contributed by atoms with Crippen molar-refractivity contribution in [3.8, 4) is 11.5 Å². The molecule has 154 valence electrons. The Labute approximate surface area is 169 Å². The van der Waals surface area contributed by atoms with Gasteiger partial charge in [-0.2, -0.15) is 0 Å². The third-order valence-corrected chi connectivity index (χ3v) is 7.68. The Hall–Kier alpha value is -2.31. The van der Waals surface area contributed by atoms with Gasteiger partial charge in [-0.15, -0.1) is 0 Å². The van der Waals surface area contributed by atoms with E-state index in [-0.39, 0.29) is 41.7 Å². The number of hydrogen-bond acceptors (Lipinski definition) is 6. The number of hydrogen-bond donors (Lipinski definition) is 3. The summed E-state index contributed by atoms with van der Waals surface area (Å²) in [6.07, 6.45) is 3.57. The third-order valence-electron chi connectivity index (χ3n) is 7.68. The van der Waals surface area contributed by atoms with Crippen LogP contribution in [-0.2, 0) is 16.1 Å². The summed E-state index contributed by atoms with van der Waals surface area (Å²) in [5, 5.41) is 30.8. The van der Waals surface area contributed by atoms with E-state index >= 15 is 0 Å². The highest BCUT2D eigenvalue weighted by Crippen LogP contribution is 2.67. The predicted molar refractivity (Wildman–Crippen MR) is 105 cm³/mol. The molecule has 29 heavy (non-hydrogen) atoms. The molecule has 0 bridgehead atoms. The zero-order chi connectivity index (χ0) is 20.7. The minimum atomic E-state index is -1.35. The Kier molecular flexibility index (Phi) is 3.78. The van der Waals surface area contributed by atoms with Crippen molar-refractivity contribution in [1.82, 2.24) is 0 Å². The number of aromatic hydroxyl groups is 1. The van der Waals surface area contributed by atoms with Crippen LogP contribution in [0, 0.1) is 23.2 Å². The first-order valence-corrected chi connectivity index (χ1v) is 10.2. The average Bonchev–Trinajstić information content (AvgIpc) is 3.06. The van der Waals surface area contributed by atoms with Crippen molar-refractivity contribution >= 4 is 11.9 Å². The van der Waals surface area contributed by atoms with Crippen molar-refractivity contribution in [3.63, 3.8) is 0 Å². The lowest BCUT2D eigenvalue weighted by atomic mass is 9.53. The highest BCUT2D eigenvalue weighted by molar-refractivity contribution is 6.04. The smallest absolute Gasteiger partial charge is 0.251 e. The molecule has 1 saturated heterocycles. The number of rotatable bonds is 1. The highest BCUT2D eigenvalue weighted by Gasteiger charge is 2.75. The minimum absolute atomic E-state index is 0.0208. The number of Topliss-reactive ketones (excluding diaryl/α,β-unsaturated/α-hetero) is 1. The second kappa shape index (κ2) is 5.86. The molecular weight excluding hydrogens is 372 g/mol. The fourth-order valence-electron chi connectivity index (χ4n) is 6.34. The first-order valence-electron chi connectivity index (χ1n) is 10.2. The highest BCUT2D eigenvalue weighted by atomic mass is 16.7. The lowest BCUT2D eigenvalue weighted by Gasteiger charge is -2.59. The van der Waals surface area contributed by atoms with Crippen molar-refractivity contribution in [2.45, 2.75) is 46.0 Å². The molecule has 0 amide bonds. The molecule has 2 fully saturated rings. The number of phenolic OH excluding ortho intramolecular Hbond substituents is 1. The molecule has 1 saturated carbocycles. The number of fused-ring (bicyclic) bond motifs is 1. The number of ether oxygens (including phenoxy) is 2. The molecule has 5 rings (SSSR count). The standard InChI is InChI=1S/C23H26O6/c1-11-10-28-23-18(8-16-14(9-24)6-15(25)7-19(16)29-23)13(3)20(26)21(27)22(23)12(2)4-5-17(11)22/h6-8,11-12,17,24-26H,4-5,9-10H2,1-3H3. The fourth-order valence-corrected chi connectivity index (χ4v) is 6.34. The van der Waals surface area contributed by atoms with Gasteiger partial charge in [0.2, 0.25) is 5.78 Å². The molecular formula is C23H26O6. The van der Waals surface area contributed by atoms with E-state index in [0.29, 0.717) is 34.6 Å². The van der Waals surface area contributed by atoms with E-state index in [0.717, 1.165) is 12.8 Å². The van der Waals surface area contributed by atoms with Gasteiger partial charge in [-0.25, -0.2) is 0 Å². The van der Waals surface area contributed by atoms with Crippen molar-refractivity contribution in [1.29, 1.82) is 0 Å². The average molecular weight is 398 g/mol. The van der Waals surface area contributed by atoms with Gasteiger partial charge >= 0.3 is 0 Å². The van der Waals surface area contributed by atoms with Crippen LogP contribution in [0.4, 0.5) is 0 Å². The molecule has 2 spiro atoms. The molecule has 0 aromatic heterocycles. The maximum Gasteiger partial charge on any atom is 0.251 e. The lowest BCUT2D eigenvalue weighted by Crippen LogP contribution is -2.70. The number of allylic oxidation sites excluding steroid dienone is 1. The predicted octanol–water partition coefficient (Wildman–Crippen LogP) is 3.47. The Morgan fingerprint density at radius 3 is 2.69 bits per heavy atom. The summed E-state index contributed by atoms with van der Waals surface area (Å²) in [4.78, 5) is 13.7. The van der Waals surface area contributed by atoms with E-state index in [2.05, 4.69) is 6.92 Å². The van der Waals surface area contributed by atoms with Crippen LogP contribution in [0.15, 0.2) is 29.0 Å². The van der Waals surface area contributed by atoms with Gasteiger partial charge in [0, 0.05) is 22.8 Å². The van der Waals surface area contributed by atoms with E-state index in [1.165, 1.54) is 12.1 Å². The van der Waals surface area contributed by atoms with Gasteiger partial charge in [-0.3, -0.25) is 4.79 Å². The number of aliphatic hydroxyl groups is 2. The van der Waals surface area contributed by atoms with Gasteiger partial charge in [0.05, 0.1) is 13.2 Å². The van der Waals surface area contributed by atoms with Crippen LogP contribution >= 0.6 is 0 Å².